The van der Waals surface area contributed by atoms with E-state index in [9.17, 15) is 9.90 Å². The van der Waals surface area contributed by atoms with Gasteiger partial charge in [0.15, 0.2) is 0 Å². The van der Waals surface area contributed by atoms with Crippen LogP contribution in [-0.2, 0) is 9.53 Å². The van der Waals surface area contributed by atoms with Gasteiger partial charge in [0.25, 0.3) is 0 Å². The van der Waals surface area contributed by atoms with Crippen LogP contribution in [0.2, 0.25) is 0 Å². The molecule has 0 aromatic heterocycles. The summed E-state index contributed by atoms with van der Waals surface area (Å²) in [5.74, 6) is 0.0670. The number of rotatable bonds is 0. The second-order valence-corrected chi connectivity index (χ2v) is 5.62. The standard InChI is InChI=1S/C15H22O3/c1-9-4-7-13(16)10(2)5-6-12-11(3)15(17)18-14(12)8-9/h8,11-14,16H,2,4-7H2,1,3H3/b9-8+/t11-,12?,13?,14-/m1/s1. The van der Waals surface area contributed by atoms with E-state index in [1.165, 1.54) is 5.57 Å². The first-order chi connectivity index (χ1) is 8.49. The molecule has 1 N–H and O–H groups in total. The van der Waals surface area contributed by atoms with Crippen LogP contribution in [0.1, 0.15) is 39.5 Å². The number of aliphatic hydroxyl groups excluding tert-OH is 1. The second kappa shape index (κ2) is 5.27. The normalized spacial score (nSPS) is 40.7. The van der Waals surface area contributed by atoms with E-state index in [0.29, 0.717) is 6.42 Å². The molecule has 1 heterocycles. The molecule has 0 bridgehead atoms. The summed E-state index contributed by atoms with van der Waals surface area (Å²) in [6, 6.07) is 0. The molecule has 1 aliphatic heterocycles. The zero-order valence-electron chi connectivity index (χ0n) is 11.2. The molecule has 0 aromatic rings. The second-order valence-electron chi connectivity index (χ2n) is 5.62. The van der Waals surface area contributed by atoms with Gasteiger partial charge in [0.05, 0.1) is 12.0 Å². The van der Waals surface area contributed by atoms with Crippen LogP contribution in [0, 0.1) is 11.8 Å². The van der Waals surface area contributed by atoms with Gasteiger partial charge in [-0.1, -0.05) is 19.1 Å². The fourth-order valence-corrected chi connectivity index (χ4v) is 2.81. The van der Waals surface area contributed by atoms with Crippen molar-refractivity contribution >= 4 is 5.97 Å². The van der Waals surface area contributed by atoms with E-state index in [1.54, 1.807) is 0 Å². The number of esters is 1. The Kier molecular flexibility index (Phi) is 3.91. The maximum atomic E-state index is 11.7. The summed E-state index contributed by atoms with van der Waals surface area (Å²) < 4.78 is 5.43. The van der Waals surface area contributed by atoms with Crippen LogP contribution in [0.4, 0.5) is 0 Å². The fraction of sp³-hybridized carbons (Fsp3) is 0.667. The molecular weight excluding hydrogens is 228 g/mol. The van der Waals surface area contributed by atoms with Crippen LogP contribution in [0.25, 0.3) is 0 Å². The van der Waals surface area contributed by atoms with Crippen molar-refractivity contribution in [3.8, 4) is 0 Å². The molecule has 2 rings (SSSR count). The van der Waals surface area contributed by atoms with E-state index >= 15 is 0 Å². The highest BCUT2D eigenvalue weighted by atomic mass is 16.6. The average molecular weight is 250 g/mol. The van der Waals surface area contributed by atoms with Crippen molar-refractivity contribution in [3.63, 3.8) is 0 Å². The first kappa shape index (κ1) is 13.3. The zero-order valence-corrected chi connectivity index (χ0v) is 11.2. The van der Waals surface area contributed by atoms with E-state index in [-0.39, 0.29) is 23.9 Å². The maximum absolute atomic E-state index is 11.7. The van der Waals surface area contributed by atoms with Crippen molar-refractivity contribution in [2.75, 3.05) is 0 Å². The summed E-state index contributed by atoms with van der Waals surface area (Å²) in [6.07, 6.45) is 4.73. The van der Waals surface area contributed by atoms with Gasteiger partial charge in [0, 0.05) is 5.92 Å². The van der Waals surface area contributed by atoms with Crippen molar-refractivity contribution in [2.45, 2.75) is 51.7 Å². The minimum atomic E-state index is -0.418. The third kappa shape index (κ3) is 2.66. The third-order valence-electron chi connectivity index (χ3n) is 4.22. The Morgan fingerprint density at radius 3 is 2.83 bits per heavy atom. The maximum Gasteiger partial charge on any atom is 0.309 e. The monoisotopic (exact) mass is 250 g/mol. The molecule has 0 saturated carbocycles. The van der Waals surface area contributed by atoms with Gasteiger partial charge in [0.2, 0.25) is 0 Å². The lowest BCUT2D eigenvalue weighted by Crippen LogP contribution is -2.21. The van der Waals surface area contributed by atoms with Crippen LogP contribution in [0.3, 0.4) is 0 Å². The molecule has 2 unspecified atom stereocenters. The molecule has 1 aliphatic carbocycles. The van der Waals surface area contributed by atoms with Gasteiger partial charge in [-0.15, -0.1) is 0 Å². The molecular formula is C15H22O3. The largest absolute Gasteiger partial charge is 0.458 e. The molecule has 4 atom stereocenters. The number of hydrogen-bond acceptors (Lipinski definition) is 3. The summed E-state index contributed by atoms with van der Waals surface area (Å²) in [7, 11) is 0. The van der Waals surface area contributed by atoms with Crippen LogP contribution >= 0.6 is 0 Å². The number of carbonyl (C=O) groups is 1. The minimum absolute atomic E-state index is 0.0524. The number of aliphatic hydroxyl groups is 1. The Morgan fingerprint density at radius 1 is 1.39 bits per heavy atom. The Balaban J connectivity index is 2.21. The molecule has 18 heavy (non-hydrogen) atoms. The summed E-state index contributed by atoms with van der Waals surface area (Å²) in [5, 5.41) is 9.95. The van der Waals surface area contributed by atoms with Gasteiger partial charge < -0.3 is 9.84 Å². The predicted octanol–water partition coefficient (Wildman–Crippen LogP) is 2.60. The number of ether oxygens (including phenoxy) is 1. The van der Waals surface area contributed by atoms with Crippen molar-refractivity contribution in [3.05, 3.63) is 23.8 Å². The van der Waals surface area contributed by atoms with Crippen LogP contribution < -0.4 is 0 Å². The van der Waals surface area contributed by atoms with Gasteiger partial charge in [-0.05, 0) is 44.3 Å². The SMILES string of the molecule is C=C1CCC2[C@@H](/C=C(\C)CCC1O)OC(=O)[C@@H]2C. The van der Waals surface area contributed by atoms with E-state index in [1.807, 2.05) is 13.8 Å². The lowest BCUT2D eigenvalue weighted by Gasteiger charge is -2.22. The molecule has 1 saturated heterocycles. The molecule has 0 aromatic carbocycles. The first-order valence-electron chi connectivity index (χ1n) is 6.72. The fourth-order valence-electron chi connectivity index (χ4n) is 2.81. The smallest absolute Gasteiger partial charge is 0.309 e. The van der Waals surface area contributed by atoms with Gasteiger partial charge in [-0.3, -0.25) is 4.79 Å². The van der Waals surface area contributed by atoms with Crippen LogP contribution in [0.15, 0.2) is 23.8 Å². The van der Waals surface area contributed by atoms with E-state index in [2.05, 4.69) is 12.7 Å². The summed E-state index contributed by atoms with van der Waals surface area (Å²) in [4.78, 5) is 11.7. The van der Waals surface area contributed by atoms with Gasteiger partial charge in [-0.2, -0.15) is 0 Å². The first-order valence-corrected chi connectivity index (χ1v) is 6.72. The molecule has 3 heteroatoms. The Bertz CT molecular complexity index is 383. The molecule has 0 spiro atoms. The summed E-state index contributed by atoms with van der Waals surface area (Å²) >= 11 is 0. The van der Waals surface area contributed by atoms with Crippen molar-refractivity contribution in [1.82, 2.24) is 0 Å². The van der Waals surface area contributed by atoms with Crippen molar-refractivity contribution in [1.29, 1.82) is 0 Å². The Morgan fingerprint density at radius 2 is 2.11 bits per heavy atom. The number of carbonyl (C=O) groups excluding carboxylic acids is 1. The lowest BCUT2D eigenvalue weighted by atomic mass is 9.83. The van der Waals surface area contributed by atoms with E-state index < -0.39 is 6.10 Å². The van der Waals surface area contributed by atoms with Gasteiger partial charge >= 0.3 is 5.97 Å². The van der Waals surface area contributed by atoms with Crippen LogP contribution in [0.5, 0.6) is 0 Å². The summed E-state index contributed by atoms with van der Waals surface area (Å²) in [6.45, 7) is 7.92. The van der Waals surface area contributed by atoms with Crippen molar-refractivity contribution in [2.24, 2.45) is 11.8 Å². The number of allylic oxidation sites excluding steroid dienone is 1. The highest BCUT2D eigenvalue weighted by Crippen LogP contribution is 2.35. The molecule has 0 amide bonds. The minimum Gasteiger partial charge on any atom is -0.458 e. The molecule has 1 fully saturated rings. The number of fused-ring (bicyclic) bond motifs is 1. The van der Waals surface area contributed by atoms with Gasteiger partial charge in [0.1, 0.15) is 6.10 Å². The summed E-state index contributed by atoms with van der Waals surface area (Å²) in [5.41, 5.74) is 2.07. The Hall–Kier alpha value is -1.09. The molecule has 100 valence electrons. The average Bonchev–Trinajstić information content (AvgIpc) is 2.58. The Labute approximate surface area is 109 Å². The van der Waals surface area contributed by atoms with Crippen LogP contribution in [-0.4, -0.2) is 23.3 Å². The molecule has 2 aliphatic rings. The van der Waals surface area contributed by atoms with E-state index in [0.717, 1.165) is 24.8 Å². The highest BCUT2D eigenvalue weighted by Gasteiger charge is 2.40. The predicted molar refractivity (Wildman–Crippen MR) is 69.9 cm³/mol. The van der Waals surface area contributed by atoms with E-state index in [4.69, 9.17) is 4.74 Å². The molecule has 3 nitrogen and oxygen atoms in total. The number of hydrogen-bond donors (Lipinski definition) is 1. The zero-order chi connectivity index (χ0) is 13.3. The van der Waals surface area contributed by atoms with Gasteiger partial charge in [-0.25, -0.2) is 0 Å². The van der Waals surface area contributed by atoms with Crippen molar-refractivity contribution < 1.29 is 14.6 Å². The lowest BCUT2D eigenvalue weighted by molar-refractivity contribution is -0.142. The topological polar surface area (TPSA) is 46.5 Å². The third-order valence-corrected chi connectivity index (χ3v) is 4.22. The quantitative estimate of drug-likeness (QED) is 0.531. The highest BCUT2D eigenvalue weighted by molar-refractivity contribution is 5.75. The molecule has 0 radical (unpaired) electrons.